The molecule has 20 heavy (non-hydrogen) atoms. The van der Waals surface area contributed by atoms with Gasteiger partial charge in [0.2, 0.25) is 0 Å². The van der Waals surface area contributed by atoms with Crippen molar-refractivity contribution < 1.29 is 0 Å². The average Bonchev–Trinajstić information content (AvgIpc) is 2.90. The predicted octanol–water partition coefficient (Wildman–Crippen LogP) is 2.61. The molecule has 2 heterocycles. The first-order valence-electron chi connectivity index (χ1n) is 7.24. The van der Waals surface area contributed by atoms with Gasteiger partial charge < -0.3 is 11.1 Å². The molecule has 3 rings (SSSR count). The Morgan fingerprint density at radius 3 is 3.00 bits per heavy atom. The molecule has 0 aliphatic heterocycles. The van der Waals surface area contributed by atoms with Crippen LogP contribution in [-0.4, -0.2) is 21.5 Å². The number of aromatic nitrogens is 2. The van der Waals surface area contributed by atoms with Gasteiger partial charge in [0.1, 0.15) is 5.84 Å². The Morgan fingerprint density at radius 2 is 2.25 bits per heavy atom. The van der Waals surface area contributed by atoms with Gasteiger partial charge in [-0.2, -0.15) is 5.10 Å². The van der Waals surface area contributed by atoms with E-state index in [0.717, 1.165) is 11.2 Å². The summed E-state index contributed by atoms with van der Waals surface area (Å²) in [4.78, 5) is 0. The summed E-state index contributed by atoms with van der Waals surface area (Å²) in [5.41, 5.74) is 8.32. The van der Waals surface area contributed by atoms with E-state index in [1.807, 2.05) is 22.8 Å². The zero-order valence-corrected chi connectivity index (χ0v) is 11.8. The van der Waals surface area contributed by atoms with Crippen LogP contribution in [0.1, 0.15) is 38.2 Å². The van der Waals surface area contributed by atoms with Gasteiger partial charge in [-0.3, -0.25) is 5.41 Å². The molecule has 4 N–H and O–H groups in total. The Labute approximate surface area is 118 Å². The van der Waals surface area contributed by atoms with Crippen LogP contribution in [0.3, 0.4) is 0 Å². The fourth-order valence-corrected chi connectivity index (χ4v) is 3.07. The van der Waals surface area contributed by atoms with Gasteiger partial charge in [-0.05, 0) is 30.9 Å². The lowest BCUT2D eigenvalue weighted by atomic mass is 9.85. The molecule has 2 aromatic rings. The maximum absolute atomic E-state index is 7.76. The number of nitrogens with two attached hydrogens (primary N) is 1. The minimum absolute atomic E-state index is 0.0622. The third-order valence-electron chi connectivity index (χ3n) is 4.30. The van der Waals surface area contributed by atoms with Gasteiger partial charge in [0.25, 0.3) is 0 Å². The third-order valence-corrected chi connectivity index (χ3v) is 4.30. The molecular formula is C15H21N5. The summed E-state index contributed by atoms with van der Waals surface area (Å²) in [7, 11) is 0. The molecule has 1 saturated carbocycles. The molecule has 106 valence electrons. The molecule has 1 aliphatic rings. The minimum Gasteiger partial charge on any atom is -0.384 e. The molecule has 1 aliphatic carbocycles. The van der Waals surface area contributed by atoms with Crippen LogP contribution in [0.25, 0.3) is 5.52 Å². The molecule has 5 heteroatoms. The van der Waals surface area contributed by atoms with E-state index in [9.17, 15) is 0 Å². The highest BCUT2D eigenvalue weighted by molar-refractivity contribution is 6.03. The molecule has 0 saturated heterocycles. The van der Waals surface area contributed by atoms with Crippen molar-refractivity contribution in [3.05, 3.63) is 30.1 Å². The van der Waals surface area contributed by atoms with E-state index in [2.05, 4.69) is 17.3 Å². The van der Waals surface area contributed by atoms with Gasteiger partial charge in [-0.15, -0.1) is 0 Å². The van der Waals surface area contributed by atoms with Gasteiger partial charge in [0.05, 0.1) is 23.0 Å². The number of nitrogens with zero attached hydrogens (tertiary/aromatic N) is 2. The van der Waals surface area contributed by atoms with Crippen molar-refractivity contribution in [1.82, 2.24) is 9.61 Å². The van der Waals surface area contributed by atoms with E-state index >= 15 is 0 Å². The molecule has 0 spiro atoms. The van der Waals surface area contributed by atoms with Crippen molar-refractivity contribution in [3.8, 4) is 0 Å². The van der Waals surface area contributed by atoms with E-state index in [1.165, 1.54) is 25.7 Å². The van der Waals surface area contributed by atoms with Crippen molar-refractivity contribution >= 4 is 17.0 Å². The van der Waals surface area contributed by atoms with Gasteiger partial charge in [0, 0.05) is 12.2 Å². The first-order chi connectivity index (χ1) is 9.66. The van der Waals surface area contributed by atoms with E-state index in [1.54, 1.807) is 6.20 Å². The highest BCUT2D eigenvalue weighted by atomic mass is 15.2. The van der Waals surface area contributed by atoms with Crippen LogP contribution < -0.4 is 11.1 Å². The SMILES string of the molecule is C[C@H]1CCCC[C@H]1Nc1c(C(=N)N)cnn2cccc12. The summed E-state index contributed by atoms with van der Waals surface area (Å²) < 4.78 is 1.82. The maximum atomic E-state index is 7.76. The summed E-state index contributed by atoms with van der Waals surface area (Å²) in [5.74, 6) is 0.707. The van der Waals surface area contributed by atoms with Crippen LogP contribution in [0, 0.1) is 11.3 Å². The van der Waals surface area contributed by atoms with E-state index < -0.39 is 0 Å². The largest absolute Gasteiger partial charge is 0.384 e. The third kappa shape index (κ3) is 2.24. The van der Waals surface area contributed by atoms with Gasteiger partial charge in [-0.1, -0.05) is 19.8 Å². The van der Waals surface area contributed by atoms with Crippen molar-refractivity contribution in [2.24, 2.45) is 11.7 Å². The molecule has 0 unspecified atom stereocenters. The van der Waals surface area contributed by atoms with Crippen LogP contribution >= 0.6 is 0 Å². The average molecular weight is 271 g/mol. The standard InChI is InChI=1S/C15H21N5/c1-10-5-2-3-6-12(10)19-14-11(15(16)17)9-18-20-8-4-7-13(14)20/h4,7-10,12,19H,2-3,5-6H2,1H3,(H3,16,17)/t10-,12+/m0/s1. The van der Waals surface area contributed by atoms with Gasteiger partial charge in [-0.25, -0.2) is 4.52 Å². The predicted molar refractivity (Wildman–Crippen MR) is 81.3 cm³/mol. The summed E-state index contributed by atoms with van der Waals surface area (Å²) in [6, 6.07) is 4.42. The second-order valence-electron chi connectivity index (χ2n) is 5.70. The number of amidine groups is 1. The van der Waals surface area contributed by atoms with E-state index in [0.29, 0.717) is 17.5 Å². The highest BCUT2D eigenvalue weighted by Gasteiger charge is 2.23. The summed E-state index contributed by atoms with van der Waals surface area (Å²) in [5, 5.41) is 15.7. The smallest absolute Gasteiger partial charge is 0.126 e. The quantitative estimate of drug-likeness (QED) is 0.593. The monoisotopic (exact) mass is 271 g/mol. The fourth-order valence-electron chi connectivity index (χ4n) is 3.07. The number of rotatable bonds is 3. The topological polar surface area (TPSA) is 79.2 Å². The lowest BCUT2D eigenvalue weighted by Crippen LogP contribution is -2.31. The van der Waals surface area contributed by atoms with E-state index in [4.69, 9.17) is 11.1 Å². The maximum Gasteiger partial charge on any atom is 0.126 e. The Bertz CT molecular complexity index is 630. The minimum atomic E-state index is 0.0622. The van der Waals surface area contributed by atoms with Crippen molar-refractivity contribution in [3.63, 3.8) is 0 Å². The molecule has 2 atom stereocenters. The van der Waals surface area contributed by atoms with E-state index in [-0.39, 0.29) is 5.84 Å². The molecule has 0 amide bonds. The molecule has 2 aromatic heterocycles. The molecular weight excluding hydrogens is 250 g/mol. The number of hydrogen-bond donors (Lipinski definition) is 3. The Hall–Kier alpha value is -2.04. The summed E-state index contributed by atoms with van der Waals surface area (Å²) >= 11 is 0. The molecule has 1 fully saturated rings. The van der Waals surface area contributed by atoms with Gasteiger partial charge >= 0.3 is 0 Å². The molecule has 0 radical (unpaired) electrons. The van der Waals surface area contributed by atoms with Crippen LogP contribution in [-0.2, 0) is 0 Å². The normalized spacial score (nSPS) is 22.9. The number of nitrogen functional groups attached to an aromatic ring is 1. The summed E-state index contributed by atoms with van der Waals surface area (Å²) in [6.07, 6.45) is 8.60. The zero-order valence-electron chi connectivity index (χ0n) is 11.8. The molecule has 0 aromatic carbocycles. The second-order valence-corrected chi connectivity index (χ2v) is 5.70. The van der Waals surface area contributed by atoms with Crippen molar-refractivity contribution in [1.29, 1.82) is 5.41 Å². The van der Waals surface area contributed by atoms with Gasteiger partial charge in [0.15, 0.2) is 0 Å². The van der Waals surface area contributed by atoms with Crippen LogP contribution in [0.5, 0.6) is 0 Å². The number of nitrogens with one attached hydrogen (secondary N) is 2. The van der Waals surface area contributed by atoms with Crippen molar-refractivity contribution in [2.75, 3.05) is 5.32 Å². The Kier molecular flexibility index (Phi) is 3.34. The number of hydrogen-bond acceptors (Lipinski definition) is 3. The fraction of sp³-hybridized carbons (Fsp3) is 0.467. The Balaban J connectivity index is 2.01. The van der Waals surface area contributed by atoms with Crippen LogP contribution in [0.15, 0.2) is 24.5 Å². The summed E-state index contributed by atoms with van der Waals surface area (Å²) in [6.45, 7) is 2.29. The van der Waals surface area contributed by atoms with Crippen LogP contribution in [0.2, 0.25) is 0 Å². The van der Waals surface area contributed by atoms with Crippen LogP contribution in [0.4, 0.5) is 5.69 Å². The highest BCUT2D eigenvalue weighted by Crippen LogP contribution is 2.30. The van der Waals surface area contributed by atoms with Crippen molar-refractivity contribution in [2.45, 2.75) is 38.6 Å². The Morgan fingerprint density at radius 1 is 1.45 bits per heavy atom. The number of anilines is 1. The first kappa shape index (κ1) is 13.0. The first-order valence-corrected chi connectivity index (χ1v) is 7.24. The lowest BCUT2D eigenvalue weighted by molar-refractivity contribution is 0.349. The second kappa shape index (κ2) is 5.15. The lowest BCUT2D eigenvalue weighted by Gasteiger charge is -2.31. The molecule has 0 bridgehead atoms. The number of fused-ring (bicyclic) bond motifs is 1. The zero-order chi connectivity index (χ0) is 14.1. The molecule has 5 nitrogen and oxygen atoms in total.